The van der Waals surface area contributed by atoms with Gasteiger partial charge in [0.05, 0.1) is 33.4 Å². The van der Waals surface area contributed by atoms with Crippen molar-refractivity contribution in [3.8, 4) is 113 Å². The molecule has 0 aliphatic heterocycles. The van der Waals surface area contributed by atoms with Gasteiger partial charge in [-0.05, 0) is 222 Å². The van der Waals surface area contributed by atoms with Crippen LogP contribution in [0.3, 0.4) is 0 Å². The summed E-state index contributed by atoms with van der Waals surface area (Å²) >= 11 is 0. The molecule has 0 fully saturated rings. The van der Waals surface area contributed by atoms with Crippen LogP contribution in [0, 0.1) is 0 Å². The van der Waals surface area contributed by atoms with Gasteiger partial charge in [-0.25, -0.2) is 29.9 Å². The number of para-hydroxylation sites is 1. The summed E-state index contributed by atoms with van der Waals surface area (Å²) in [5.74, 6) is 3.28. The predicted molar refractivity (Wildman–Crippen MR) is 563 cm³/mol. The van der Waals surface area contributed by atoms with Crippen molar-refractivity contribution in [3.05, 3.63) is 437 Å². The third kappa shape index (κ3) is 11.9. The molecular formula is C126H72N8O2. The molecule has 0 aliphatic carbocycles. The quantitative estimate of drug-likeness (QED) is 0.118. The van der Waals surface area contributed by atoms with Crippen molar-refractivity contribution in [2.75, 3.05) is 0 Å². The second kappa shape index (κ2) is 29.6. The maximum Gasteiger partial charge on any atom is 0.164 e. The van der Waals surface area contributed by atoms with Gasteiger partial charge < -0.3 is 18.0 Å². The molecule has 0 bridgehead atoms. The molecule has 29 aromatic rings. The largest absolute Gasteiger partial charge is 0.454 e. The first-order chi connectivity index (χ1) is 67.3. The molecule has 0 saturated carbocycles. The Bertz CT molecular complexity index is 10200. The number of hydrogen-bond acceptors (Lipinski definition) is 8. The third-order valence-corrected chi connectivity index (χ3v) is 28.2. The van der Waals surface area contributed by atoms with Gasteiger partial charge >= 0.3 is 0 Å². The molecule has 6 aromatic heterocycles. The molecule has 10 heteroatoms. The van der Waals surface area contributed by atoms with Crippen LogP contribution in [-0.2, 0) is 0 Å². The van der Waals surface area contributed by atoms with E-state index in [1.165, 1.54) is 32.3 Å². The van der Waals surface area contributed by atoms with Gasteiger partial charge in [0.1, 0.15) is 11.2 Å². The van der Waals surface area contributed by atoms with Crippen molar-refractivity contribution in [3.63, 3.8) is 0 Å². The Labute approximate surface area is 776 Å². The zero-order valence-electron chi connectivity index (χ0n) is 73.0. The second-order valence-electron chi connectivity index (χ2n) is 35.9. The van der Waals surface area contributed by atoms with E-state index >= 15 is 0 Å². The molecule has 6 heterocycles. The minimum Gasteiger partial charge on any atom is -0.454 e. The molecule has 10 nitrogen and oxygen atoms in total. The van der Waals surface area contributed by atoms with Crippen LogP contribution < -0.4 is 0 Å². The van der Waals surface area contributed by atoms with E-state index in [1.54, 1.807) is 0 Å². The fourth-order valence-corrected chi connectivity index (χ4v) is 21.8. The van der Waals surface area contributed by atoms with Gasteiger partial charge in [-0.2, -0.15) is 0 Å². The number of fused-ring (bicyclic) bond motifs is 26. The lowest BCUT2D eigenvalue weighted by Crippen LogP contribution is -2.02. The van der Waals surface area contributed by atoms with Gasteiger partial charge in [0.15, 0.2) is 46.1 Å². The Morgan fingerprint density at radius 1 is 0.162 bits per heavy atom. The molecule has 0 radical (unpaired) electrons. The first-order valence-electron chi connectivity index (χ1n) is 46.1. The summed E-state index contributed by atoms with van der Waals surface area (Å²) in [6.07, 6.45) is 0. The molecule has 0 amide bonds. The van der Waals surface area contributed by atoms with E-state index in [9.17, 15) is 0 Å². The summed E-state index contributed by atoms with van der Waals surface area (Å²) in [6.45, 7) is 0. The molecule has 0 saturated heterocycles. The van der Waals surface area contributed by atoms with Crippen LogP contribution in [-0.4, -0.2) is 39.0 Å². The van der Waals surface area contributed by atoms with Crippen LogP contribution in [0.25, 0.3) is 298 Å². The minimum atomic E-state index is 0.523. The fourth-order valence-electron chi connectivity index (χ4n) is 21.8. The lowest BCUT2D eigenvalue weighted by molar-refractivity contribution is 0.666. The monoisotopic (exact) mass is 1730 g/mol. The molecule has 29 rings (SSSR count). The number of aromatic nitrogens is 8. The summed E-state index contributed by atoms with van der Waals surface area (Å²) in [6, 6.07) is 157. The Hall–Kier alpha value is -18.4. The predicted octanol–water partition coefficient (Wildman–Crippen LogP) is 33.4. The van der Waals surface area contributed by atoms with E-state index in [0.29, 0.717) is 34.9 Å². The highest BCUT2D eigenvalue weighted by Crippen LogP contribution is 2.51. The number of hydrogen-bond donors (Lipinski definition) is 0. The molecule has 0 atom stereocenters. The van der Waals surface area contributed by atoms with Crippen LogP contribution in [0.4, 0.5) is 0 Å². The normalized spacial score (nSPS) is 12.1. The molecule has 628 valence electrons. The minimum absolute atomic E-state index is 0.523. The van der Waals surface area contributed by atoms with Crippen molar-refractivity contribution >= 4 is 184 Å². The van der Waals surface area contributed by atoms with E-state index in [1.807, 2.05) is 6.07 Å². The molecule has 0 unspecified atom stereocenters. The van der Waals surface area contributed by atoms with Crippen LogP contribution in [0.15, 0.2) is 446 Å². The summed E-state index contributed by atoms with van der Waals surface area (Å²) < 4.78 is 19.5. The average Bonchev–Trinajstić information content (AvgIpc) is 1.54. The van der Waals surface area contributed by atoms with Crippen molar-refractivity contribution in [1.82, 2.24) is 39.0 Å². The number of nitrogens with zero attached hydrogens (tertiary/aromatic N) is 8. The highest BCUT2D eigenvalue weighted by Gasteiger charge is 2.29. The van der Waals surface area contributed by atoms with E-state index in [2.05, 4.69) is 440 Å². The van der Waals surface area contributed by atoms with Gasteiger partial charge in [0, 0.05) is 81.9 Å². The highest BCUT2D eigenvalue weighted by atomic mass is 16.3. The van der Waals surface area contributed by atoms with Gasteiger partial charge in [-0.3, -0.25) is 0 Å². The number of furan rings is 2. The maximum absolute atomic E-state index is 7.48. The molecule has 136 heavy (non-hydrogen) atoms. The second-order valence-corrected chi connectivity index (χ2v) is 35.9. The van der Waals surface area contributed by atoms with E-state index in [-0.39, 0.29) is 0 Å². The highest BCUT2D eigenvalue weighted by molar-refractivity contribution is 6.29. The Balaban J connectivity index is 0.615. The molecule has 0 aliphatic rings. The summed E-state index contributed by atoms with van der Waals surface area (Å²) in [7, 11) is 0. The lowest BCUT2D eigenvalue weighted by atomic mass is 9.92. The van der Waals surface area contributed by atoms with Crippen LogP contribution in [0.1, 0.15) is 0 Å². The van der Waals surface area contributed by atoms with Crippen molar-refractivity contribution < 1.29 is 8.83 Å². The van der Waals surface area contributed by atoms with Crippen molar-refractivity contribution in [2.45, 2.75) is 0 Å². The van der Waals surface area contributed by atoms with Crippen LogP contribution >= 0.6 is 0 Å². The van der Waals surface area contributed by atoms with Crippen molar-refractivity contribution in [2.24, 2.45) is 0 Å². The fraction of sp³-hybridized carbons (Fsp3) is 0. The van der Waals surface area contributed by atoms with Gasteiger partial charge in [-0.15, -0.1) is 0 Å². The van der Waals surface area contributed by atoms with Crippen LogP contribution in [0.2, 0.25) is 0 Å². The third-order valence-electron chi connectivity index (χ3n) is 28.2. The first-order valence-corrected chi connectivity index (χ1v) is 46.1. The number of rotatable bonds is 11. The average molecular weight is 1730 g/mol. The molecule has 0 N–H and O–H groups in total. The smallest absolute Gasteiger partial charge is 0.164 e. The molecular weight excluding hydrogens is 1660 g/mol. The zero-order chi connectivity index (χ0) is 88.9. The molecule has 23 aromatic carbocycles. The van der Waals surface area contributed by atoms with Crippen LogP contribution in [0.5, 0.6) is 0 Å². The Kier molecular flexibility index (Phi) is 16.4. The zero-order valence-corrected chi connectivity index (χ0v) is 73.0. The Morgan fingerprint density at radius 2 is 0.537 bits per heavy atom. The first kappa shape index (κ1) is 75.4. The van der Waals surface area contributed by atoms with Crippen molar-refractivity contribution in [1.29, 1.82) is 0 Å². The standard InChI is InChI=1S/C126H72N8O2/c1-3-22-73(23-4-1)75-42-45-79(46-43-75)121-127-122(90-35-21-34-80(60-90)74-24-5-2-6-25-74)130-126(128-121)94-68-107-116-100-38-17-13-28-78(100)54-59-114(116)136-120(107)112(72-94)134-110-70-84-32-10-8-30-82(84)65-106(110)117-103(66-85-33-14-18-39-101(85)118(117)134)89-50-55-97-86(61-89)48-49-88-63-92(52-57-98(88)97)124-129-123(91-51-56-96-87(62-91)47-44-76-26-11-15-36-95(76)96)131-125(132-124)93-67-104-102-40-19-20-41-113(102)135-119(104)111(71-93)133-108-58-53-77-27-12-16-37-99(77)115(108)105-64-81-29-7-9-31-83(81)69-109(105)133/h1-72H. The maximum atomic E-state index is 7.48. The van der Waals surface area contributed by atoms with Gasteiger partial charge in [-0.1, -0.05) is 340 Å². The SMILES string of the molecule is c1ccc(-c2ccc(-c3nc(-c4cccc(-c5ccccc5)c4)nc(-c4cc(-n5c6cc7ccccc7cc6c6c(-c7ccc8c(ccc9cc(-c%10nc(-c%11ccc%12c(ccc%13ccccc%13%12)c%11)nc(-c%11cc(-n%12c%13cc%14ccccc%14cc%13c%13c%14ccccc%14ccc%13%12)c%12oc%13ccccc%13c%12c%11)n%10)ccc98)c7)cc7ccccc7c65)c5oc6ccc7ccccc7c6c5c4)n3)cc2)cc1. The summed E-state index contributed by atoms with van der Waals surface area (Å²) in [5.41, 5.74) is 20.7. The van der Waals surface area contributed by atoms with E-state index < -0.39 is 0 Å². The topological polar surface area (TPSA) is 113 Å². The van der Waals surface area contributed by atoms with Gasteiger partial charge in [0.25, 0.3) is 0 Å². The van der Waals surface area contributed by atoms with Gasteiger partial charge in [0.2, 0.25) is 0 Å². The lowest BCUT2D eigenvalue weighted by Gasteiger charge is -2.15. The van der Waals surface area contributed by atoms with E-state index in [0.717, 1.165) is 230 Å². The Morgan fingerprint density at radius 3 is 1.15 bits per heavy atom. The number of benzene rings is 23. The summed E-state index contributed by atoms with van der Waals surface area (Å²) in [5, 5.41) is 28.8. The molecule has 0 spiro atoms. The van der Waals surface area contributed by atoms with E-state index in [4.69, 9.17) is 38.7 Å². The summed E-state index contributed by atoms with van der Waals surface area (Å²) in [4.78, 5) is 33.4.